The quantitative estimate of drug-likeness (QED) is 0.690. The van der Waals surface area contributed by atoms with E-state index in [-0.39, 0.29) is 5.91 Å². The van der Waals surface area contributed by atoms with E-state index in [1.807, 2.05) is 6.92 Å². The number of amides is 1. The molecule has 0 radical (unpaired) electrons. The van der Waals surface area contributed by atoms with Crippen molar-refractivity contribution in [2.45, 2.75) is 26.2 Å². The fourth-order valence-corrected chi connectivity index (χ4v) is 4.49. The van der Waals surface area contributed by atoms with E-state index in [9.17, 15) is 4.79 Å². The highest BCUT2D eigenvalue weighted by Gasteiger charge is 2.21. The number of thiophene rings is 1. The molecular formula is C18H19N5OS. The lowest BCUT2D eigenvalue weighted by Gasteiger charge is -2.10. The number of carbonyl (C=O) groups excluding carboxylic acids is 1. The van der Waals surface area contributed by atoms with E-state index in [0.717, 1.165) is 29.3 Å². The molecule has 0 bridgehead atoms. The molecule has 4 rings (SSSR count). The average molecular weight is 353 g/mol. The van der Waals surface area contributed by atoms with Gasteiger partial charge in [-0.2, -0.15) is 0 Å². The van der Waals surface area contributed by atoms with Gasteiger partial charge in [-0.15, -0.1) is 11.3 Å². The topological polar surface area (TPSA) is 79.8 Å². The summed E-state index contributed by atoms with van der Waals surface area (Å²) >= 11 is 1.79. The molecule has 0 unspecified atom stereocenters. The van der Waals surface area contributed by atoms with Crippen LogP contribution in [0, 0.1) is 6.92 Å². The summed E-state index contributed by atoms with van der Waals surface area (Å²) in [5, 5.41) is 7.44. The number of aryl methyl sites for hydroxylation is 3. The smallest absolute Gasteiger partial charge is 0.252 e. The Labute approximate surface area is 149 Å². The summed E-state index contributed by atoms with van der Waals surface area (Å²) in [7, 11) is 0. The van der Waals surface area contributed by atoms with E-state index in [1.54, 1.807) is 35.9 Å². The van der Waals surface area contributed by atoms with Crippen LogP contribution in [0.15, 0.2) is 24.5 Å². The maximum atomic E-state index is 12.0. The molecule has 1 aliphatic rings. The van der Waals surface area contributed by atoms with Crippen LogP contribution in [0.3, 0.4) is 0 Å². The highest BCUT2D eigenvalue weighted by atomic mass is 32.1. The summed E-state index contributed by atoms with van der Waals surface area (Å²) < 4.78 is 0. The predicted molar refractivity (Wildman–Crippen MR) is 99.2 cm³/mol. The van der Waals surface area contributed by atoms with Gasteiger partial charge in [0.25, 0.3) is 5.91 Å². The van der Waals surface area contributed by atoms with Crippen LogP contribution in [0.25, 0.3) is 10.2 Å². The molecule has 2 N–H and O–H groups in total. The van der Waals surface area contributed by atoms with Gasteiger partial charge in [0.1, 0.15) is 16.5 Å². The van der Waals surface area contributed by atoms with E-state index in [2.05, 4.69) is 25.6 Å². The second-order valence-electron chi connectivity index (χ2n) is 6.08. The van der Waals surface area contributed by atoms with Crippen molar-refractivity contribution in [3.8, 4) is 0 Å². The van der Waals surface area contributed by atoms with Gasteiger partial charge in [-0.1, -0.05) is 0 Å². The van der Waals surface area contributed by atoms with Crippen LogP contribution >= 0.6 is 11.3 Å². The molecule has 0 spiro atoms. The Morgan fingerprint density at radius 1 is 1.28 bits per heavy atom. The van der Waals surface area contributed by atoms with Gasteiger partial charge in [-0.25, -0.2) is 9.97 Å². The number of pyridine rings is 1. The van der Waals surface area contributed by atoms with Crippen molar-refractivity contribution in [2.24, 2.45) is 0 Å². The molecule has 1 amide bonds. The summed E-state index contributed by atoms with van der Waals surface area (Å²) in [6.45, 7) is 3.05. The third-order valence-corrected chi connectivity index (χ3v) is 5.49. The van der Waals surface area contributed by atoms with Crippen molar-refractivity contribution in [1.82, 2.24) is 20.3 Å². The molecule has 0 atom stereocenters. The predicted octanol–water partition coefficient (Wildman–Crippen LogP) is 2.73. The lowest BCUT2D eigenvalue weighted by atomic mass is 10.2. The largest absolute Gasteiger partial charge is 0.368 e. The number of fused-ring (bicyclic) bond motifs is 3. The van der Waals surface area contributed by atoms with Gasteiger partial charge in [-0.05, 0) is 43.9 Å². The number of hydrogen-bond acceptors (Lipinski definition) is 6. The maximum absolute atomic E-state index is 12.0. The van der Waals surface area contributed by atoms with Crippen LogP contribution in [0.1, 0.15) is 33.0 Å². The van der Waals surface area contributed by atoms with E-state index >= 15 is 0 Å². The standard InChI is InChI=1S/C18H19N5OS/c1-11-22-16(15-13-5-2-6-14(13)25-18(15)23-11)20-8-9-21-17(24)12-4-3-7-19-10-12/h3-4,7,10H,2,5-6,8-9H2,1H3,(H,21,24)(H,20,22,23). The first-order valence-corrected chi connectivity index (χ1v) is 9.25. The first kappa shape index (κ1) is 16.0. The molecule has 1 aliphatic carbocycles. The second kappa shape index (κ2) is 6.76. The van der Waals surface area contributed by atoms with Crippen LogP contribution in [0.4, 0.5) is 5.82 Å². The lowest BCUT2D eigenvalue weighted by Crippen LogP contribution is -2.29. The number of carbonyl (C=O) groups is 1. The Hall–Kier alpha value is -2.54. The van der Waals surface area contributed by atoms with Gasteiger partial charge in [0.2, 0.25) is 0 Å². The van der Waals surface area contributed by atoms with E-state index < -0.39 is 0 Å². The first-order valence-electron chi connectivity index (χ1n) is 8.43. The number of nitrogens with one attached hydrogen (secondary N) is 2. The molecular weight excluding hydrogens is 334 g/mol. The van der Waals surface area contributed by atoms with Gasteiger partial charge in [0, 0.05) is 30.4 Å². The Kier molecular flexibility index (Phi) is 4.31. The minimum absolute atomic E-state index is 0.115. The second-order valence-corrected chi connectivity index (χ2v) is 7.16. The highest BCUT2D eigenvalue weighted by Crippen LogP contribution is 2.39. The summed E-state index contributed by atoms with van der Waals surface area (Å²) in [4.78, 5) is 27.7. The lowest BCUT2D eigenvalue weighted by molar-refractivity contribution is 0.0955. The van der Waals surface area contributed by atoms with E-state index in [4.69, 9.17) is 0 Å². The zero-order valence-corrected chi connectivity index (χ0v) is 14.8. The van der Waals surface area contributed by atoms with Crippen LogP contribution in [-0.4, -0.2) is 33.9 Å². The normalized spacial score (nSPS) is 13.0. The van der Waals surface area contributed by atoms with Gasteiger partial charge in [0.15, 0.2) is 0 Å². The van der Waals surface area contributed by atoms with Crippen molar-refractivity contribution in [3.05, 3.63) is 46.4 Å². The minimum Gasteiger partial charge on any atom is -0.368 e. The molecule has 0 aromatic carbocycles. The SMILES string of the molecule is Cc1nc(NCCNC(=O)c2cccnc2)c2c3c(sc2n1)CCC3. The summed E-state index contributed by atoms with van der Waals surface area (Å²) in [6.07, 6.45) is 6.69. The summed E-state index contributed by atoms with van der Waals surface area (Å²) in [5.74, 6) is 1.54. The van der Waals surface area contributed by atoms with E-state index in [0.29, 0.717) is 18.7 Å². The molecule has 6 nitrogen and oxygen atoms in total. The number of rotatable bonds is 5. The molecule has 0 saturated carbocycles. The minimum atomic E-state index is -0.115. The molecule has 25 heavy (non-hydrogen) atoms. The molecule has 3 aromatic rings. The maximum Gasteiger partial charge on any atom is 0.252 e. The number of anilines is 1. The third kappa shape index (κ3) is 3.19. The van der Waals surface area contributed by atoms with Crippen molar-refractivity contribution in [3.63, 3.8) is 0 Å². The fraction of sp³-hybridized carbons (Fsp3) is 0.333. The third-order valence-electron chi connectivity index (χ3n) is 4.30. The molecule has 0 aliphatic heterocycles. The fourth-order valence-electron chi connectivity index (χ4n) is 3.19. The van der Waals surface area contributed by atoms with E-state index in [1.165, 1.54) is 22.2 Å². The molecule has 3 aromatic heterocycles. The van der Waals surface area contributed by atoms with Gasteiger partial charge < -0.3 is 10.6 Å². The van der Waals surface area contributed by atoms with Gasteiger partial charge in [-0.3, -0.25) is 9.78 Å². The van der Waals surface area contributed by atoms with Crippen LogP contribution < -0.4 is 10.6 Å². The van der Waals surface area contributed by atoms with Gasteiger partial charge >= 0.3 is 0 Å². The summed E-state index contributed by atoms with van der Waals surface area (Å²) in [5.41, 5.74) is 1.97. The monoisotopic (exact) mass is 353 g/mol. The van der Waals surface area contributed by atoms with Crippen LogP contribution in [0.5, 0.6) is 0 Å². The Balaban J connectivity index is 1.44. The van der Waals surface area contributed by atoms with Crippen LogP contribution in [0.2, 0.25) is 0 Å². The van der Waals surface area contributed by atoms with Gasteiger partial charge in [0.05, 0.1) is 10.9 Å². The highest BCUT2D eigenvalue weighted by molar-refractivity contribution is 7.19. The molecule has 0 saturated heterocycles. The van der Waals surface area contributed by atoms with Crippen molar-refractivity contribution < 1.29 is 4.79 Å². The summed E-state index contributed by atoms with van der Waals surface area (Å²) in [6, 6.07) is 3.51. The molecule has 0 fully saturated rings. The Morgan fingerprint density at radius 2 is 2.20 bits per heavy atom. The zero-order chi connectivity index (χ0) is 17.2. The first-order chi connectivity index (χ1) is 12.2. The number of hydrogen-bond donors (Lipinski definition) is 2. The zero-order valence-electron chi connectivity index (χ0n) is 14.0. The van der Waals surface area contributed by atoms with Crippen molar-refractivity contribution in [2.75, 3.05) is 18.4 Å². The van der Waals surface area contributed by atoms with Crippen LogP contribution in [-0.2, 0) is 12.8 Å². The molecule has 128 valence electrons. The Morgan fingerprint density at radius 3 is 3.04 bits per heavy atom. The molecule has 3 heterocycles. The Bertz CT molecular complexity index is 922. The molecule has 7 heteroatoms. The van der Waals surface area contributed by atoms with Crippen molar-refractivity contribution in [1.29, 1.82) is 0 Å². The van der Waals surface area contributed by atoms with Crippen molar-refractivity contribution >= 4 is 33.3 Å². The average Bonchev–Trinajstić information content (AvgIpc) is 3.19. The number of aromatic nitrogens is 3. The number of nitrogens with zero attached hydrogens (tertiary/aromatic N) is 3.